The summed E-state index contributed by atoms with van der Waals surface area (Å²) in [7, 11) is 0. The van der Waals surface area contributed by atoms with E-state index in [1.807, 2.05) is 45.4 Å². The molecule has 1 aliphatic rings. The van der Waals surface area contributed by atoms with Gasteiger partial charge < -0.3 is 10.6 Å². The molecule has 0 spiro atoms. The Bertz CT molecular complexity index is 585. The molecule has 1 saturated heterocycles. The SMILES string of the molecule is Cc1cc(C(=O)N2C[C@@H](C(N)=O)CC[C@@H]2C)nn1C(C)(C)C. The van der Waals surface area contributed by atoms with Gasteiger partial charge in [-0.05, 0) is 53.5 Å². The molecule has 22 heavy (non-hydrogen) atoms. The molecular formula is C16H26N4O2. The third-order valence-corrected chi connectivity index (χ3v) is 4.29. The molecule has 2 rings (SSSR count). The van der Waals surface area contributed by atoms with Gasteiger partial charge >= 0.3 is 0 Å². The lowest BCUT2D eigenvalue weighted by molar-refractivity contribution is -0.123. The summed E-state index contributed by atoms with van der Waals surface area (Å²) in [5.74, 6) is -0.711. The van der Waals surface area contributed by atoms with Crippen LogP contribution >= 0.6 is 0 Å². The molecule has 122 valence electrons. The van der Waals surface area contributed by atoms with Gasteiger partial charge in [0.1, 0.15) is 0 Å². The largest absolute Gasteiger partial charge is 0.369 e. The molecule has 2 N–H and O–H groups in total. The van der Waals surface area contributed by atoms with E-state index in [9.17, 15) is 9.59 Å². The van der Waals surface area contributed by atoms with Gasteiger partial charge in [-0.3, -0.25) is 14.3 Å². The number of carbonyl (C=O) groups is 2. The lowest BCUT2D eigenvalue weighted by atomic mass is 9.92. The highest BCUT2D eigenvalue weighted by Gasteiger charge is 2.33. The zero-order valence-corrected chi connectivity index (χ0v) is 14.1. The summed E-state index contributed by atoms with van der Waals surface area (Å²) in [5, 5.41) is 4.47. The number of nitrogens with zero attached hydrogens (tertiary/aromatic N) is 3. The number of likely N-dealkylation sites (tertiary alicyclic amines) is 1. The molecule has 1 aliphatic heterocycles. The van der Waals surface area contributed by atoms with Gasteiger partial charge in [0.15, 0.2) is 5.69 Å². The lowest BCUT2D eigenvalue weighted by Gasteiger charge is -2.36. The molecule has 6 nitrogen and oxygen atoms in total. The number of hydrogen-bond donors (Lipinski definition) is 1. The molecule has 2 amide bonds. The summed E-state index contributed by atoms with van der Waals surface area (Å²) < 4.78 is 1.86. The smallest absolute Gasteiger partial charge is 0.274 e. The van der Waals surface area contributed by atoms with Crippen molar-refractivity contribution in [2.24, 2.45) is 11.7 Å². The maximum atomic E-state index is 12.8. The summed E-state index contributed by atoms with van der Waals surface area (Å²) in [4.78, 5) is 25.9. The average molecular weight is 306 g/mol. The van der Waals surface area contributed by atoms with E-state index in [0.29, 0.717) is 12.2 Å². The normalized spacial score (nSPS) is 22.7. The second kappa shape index (κ2) is 5.74. The van der Waals surface area contributed by atoms with Crippen LogP contribution in [0.2, 0.25) is 0 Å². The molecule has 0 aliphatic carbocycles. The van der Waals surface area contributed by atoms with Crippen LogP contribution in [-0.2, 0) is 10.3 Å². The molecule has 0 saturated carbocycles. The van der Waals surface area contributed by atoms with Gasteiger partial charge in [0, 0.05) is 18.3 Å². The second-order valence-corrected chi connectivity index (χ2v) is 7.24. The molecule has 0 bridgehead atoms. The quantitative estimate of drug-likeness (QED) is 0.902. The minimum atomic E-state index is -0.332. The molecule has 6 heteroatoms. The molecule has 1 aromatic rings. The Hall–Kier alpha value is -1.85. The van der Waals surface area contributed by atoms with E-state index in [1.54, 1.807) is 4.90 Å². The van der Waals surface area contributed by atoms with Crippen LogP contribution in [0.3, 0.4) is 0 Å². The van der Waals surface area contributed by atoms with Gasteiger partial charge in [0.25, 0.3) is 5.91 Å². The Balaban J connectivity index is 2.25. The van der Waals surface area contributed by atoms with Gasteiger partial charge in [0.2, 0.25) is 5.91 Å². The minimum Gasteiger partial charge on any atom is -0.369 e. The van der Waals surface area contributed by atoms with Crippen molar-refractivity contribution in [3.63, 3.8) is 0 Å². The Morgan fingerprint density at radius 1 is 1.32 bits per heavy atom. The standard InChI is InChI=1S/C16H26N4O2/c1-10-6-7-12(14(17)21)9-19(10)15(22)13-8-11(2)20(18-13)16(3,4)5/h8,10,12H,6-7,9H2,1-5H3,(H2,17,21)/t10-,12-/m0/s1. The number of nitrogens with two attached hydrogens (primary N) is 1. The Labute approximate surface area is 131 Å². The molecule has 0 unspecified atom stereocenters. The van der Waals surface area contributed by atoms with Crippen LogP contribution in [0.5, 0.6) is 0 Å². The van der Waals surface area contributed by atoms with Gasteiger partial charge in [-0.25, -0.2) is 0 Å². The van der Waals surface area contributed by atoms with Gasteiger partial charge in [0.05, 0.1) is 11.5 Å². The zero-order chi connectivity index (χ0) is 16.7. The van der Waals surface area contributed by atoms with Crippen LogP contribution in [-0.4, -0.2) is 39.1 Å². The van der Waals surface area contributed by atoms with E-state index < -0.39 is 0 Å². The van der Waals surface area contributed by atoms with Crippen LogP contribution in [0.15, 0.2) is 6.07 Å². The maximum Gasteiger partial charge on any atom is 0.274 e. The lowest BCUT2D eigenvalue weighted by Crippen LogP contribution is -2.48. The molecule has 1 aromatic heterocycles. The number of rotatable bonds is 2. The van der Waals surface area contributed by atoms with E-state index in [-0.39, 0.29) is 29.3 Å². The average Bonchev–Trinajstić information content (AvgIpc) is 2.80. The number of primary amides is 1. The summed E-state index contributed by atoms with van der Waals surface area (Å²) in [6.07, 6.45) is 1.54. The van der Waals surface area contributed by atoms with Crippen LogP contribution in [0.25, 0.3) is 0 Å². The summed E-state index contributed by atoms with van der Waals surface area (Å²) in [6, 6.07) is 1.91. The minimum absolute atomic E-state index is 0.100. The van der Waals surface area contributed by atoms with E-state index in [2.05, 4.69) is 5.10 Å². The fraction of sp³-hybridized carbons (Fsp3) is 0.688. The Kier molecular flexibility index (Phi) is 4.31. The second-order valence-electron chi connectivity index (χ2n) is 7.24. The molecular weight excluding hydrogens is 280 g/mol. The number of amides is 2. The predicted molar refractivity (Wildman–Crippen MR) is 84.4 cm³/mol. The van der Waals surface area contributed by atoms with E-state index in [1.165, 1.54) is 0 Å². The van der Waals surface area contributed by atoms with E-state index in [0.717, 1.165) is 18.5 Å². The van der Waals surface area contributed by atoms with Crippen molar-refractivity contribution < 1.29 is 9.59 Å². The van der Waals surface area contributed by atoms with Crippen molar-refractivity contribution in [2.75, 3.05) is 6.54 Å². The zero-order valence-electron chi connectivity index (χ0n) is 14.1. The van der Waals surface area contributed by atoms with E-state index >= 15 is 0 Å². The fourth-order valence-corrected chi connectivity index (χ4v) is 3.03. The highest BCUT2D eigenvalue weighted by atomic mass is 16.2. The van der Waals surface area contributed by atoms with Gasteiger partial charge in [-0.2, -0.15) is 5.10 Å². The predicted octanol–water partition coefficient (Wildman–Crippen LogP) is 1.67. The van der Waals surface area contributed by atoms with Crippen LogP contribution < -0.4 is 5.73 Å². The topological polar surface area (TPSA) is 81.2 Å². The van der Waals surface area contributed by atoms with Crippen molar-refractivity contribution in [2.45, 2.75) is 59.0 Å². The fourth-order valence-electron chi connectivity index (χ4n) is 3.03. The van der Waals surface area contributed by atoms with Crippen molar-refractivity contribution >= 4 is 11.8 Å². The van der Waals surface area contributed by atoms with Crippen LogP contribution in [0.1, 0.15) is 56.7 Å². The third kappa shape index (κ3) is 3.15. The monoisotopic (exact) mass is 306 g/mol. The number of piperidine rings is 1. The first-order valence-corrected chi connectivity index (χ1v) is 7.78. The van der Waals surface area contributed by atoms with Crippen molar-refractivity contribution in [1.29, 1.82) is 0 Å². The first kappa shape index (κ1) is 16.5. The molecule has 2 heterocycles. The maximum absolute atomic E-state index is 12.8. The third-order valence-electron chi connectivity index (χ3n) is 4.29. The van der Waals surface area contributed by atoms with Crippen molar-refractivity contribution in [1.82, 2.24) is 14.7 Å². The number of hydrogen-bond acceptors (Lipinski definition) is 3. The molecule has 0 radical (unpaired) electrons. The molecule has 0 aromatic carbocycles. The molecule has 2 atom stereocenters. The first-order valence-electron chi connectivity index (χ1n) is 7.78. The van der Waals surface area contributed by atoms with Gasteiger partial charge in [-0.1, -0.05) is 0 Å². The summed E-state index contributed by atoms with van der Waals surface area (Å²) in [5.41, 5.74) is 6.61. The van der Waals surface area contributed by atoms with Crippen molar-refractivity contribution in [3.05, 3.63) is 17.5 Å². The number of aromatic nitrogens is 2. The number of aryl methyl sites for hydroxylation is 1. The van der Waals surface area contributed by atoms with E-state index in [4.69, 9.17) is 5.73 Å². The highest BCUT2D eigenvalue weighted by molar-refractivity contribution is 5.93. The first-order chi connectivity index (χ1) is 10.1. The highest BCUT2D eigenvalue weighted by Crippen LogP contribution is 2.24. The Morgan fingerprint density at radius 3 is 2.45 bits per heavy atom. The van der Waals surface area contributed by atoms with Gasteiger partial charge in [-0.15, -0.1) is 0 Å². The Morgan fingerprint density at radius 2 is 1.95 bits per heavy atom. The molecule has 1 fully saturated rings. The summed E-state index contributed by atoms with van der Waals surface area (Å²) >= 11 is 0. The number of carbonyl (C=O) groups excluding carboxylic acids is 2. The van der Waals surface area contributed by atoms with Crippen molar-refractivity contribution in [3.8, 4) is 0 Å². The van der Waals surface area contributed by atoms with Crippen LogP contribution in [0.4, 0.5) is 0 Å². The summed E-state index contributed by atoms with van der Waals surface area (Å²) in [6.45, 7) is 10.5. The van der Waals surface area contributed by atoms with Crippen LogP contribution in [0, 0.1) is 12.8 Å².